The Hall–Kier alpha value is -0.0800. The van der Waals surface area contributed by atoms with Gasteiger partial charge in [0.25, 0.3) is 0 Å². The third kappa shape index (κ3) is 2.73. The highest BCUT2D eigenvalue weighted by atomic mass is 16.3. The van der Waals surface area contributed by atoms with Crippen LogP contribution in [0.2, 0.25) is 0 Å². The number of rotatable bonds is 3. The van der Waals surface area contributed by atoms with Crippen LogP contribution in [0.15, 0.2) is 0 Å². The normalized spacial score (nSPS) is 53.6. The smallest absolute Gasteiger partial charge is 0.0573 e. The number of aliphatic hydroxyl groups excluding tert-OH is 2. The molecule has 0 aromatic rings. The van der Waals surface area contributed by atoms with Crippen molar-refractivity contribution in [1.82, 2.24) is 0 Å². The van der Waals surface area contributed by atoms with Gasteiger partial charge in [0, 0.05) is 0 Å². The van der Waals surface area contributed by atoms with Gasteiger partial charge in [0.05, 0.1) is 12.2 Å². The van der Waals surface area contributed by atoms with Crippen LogP contribution in [0.5, 0.6) is 0 Å². The molecule has 2 nitrogen and oxygen atoms in total. The van der Waals surface area contributed by atoms with Crippen molar-refractivity contribution in [2.24, 2.45) is 40.4 Å². The molecule has 144 valence electrons. The molecule has 0 aliphatic heterocycles. The van der Waals surface area contributed by atoms with Crippen molar-refractivity contribution in [3.05, 3.63) is 0 Å². The predicted molar refractivity (Wildman–Crippen MR) is 102 cm³/mol. The van der Waals surface area contributed by atoms with Crippen LogP contribution in [0.4, 0.5) is 0 Å². The molecule has 4 aliphatic rings. The molecular weight excluding hydrogens is 308 g/mol. The average molecular weight is 349 g/mol. The number of fused-ring (bicyclic) bond motifs is 5. The molecule has 0 radical (unpaired) electrons. The summed E-state index contributed by atoms with van der Waals surface area (Å²) in [5.74, 6) is 3.89. The summed E-state index contributed by atoms with van der Waals surface area (Å²) < 4.78 is 0. The largest absolute Gasteiger partial charge is 0.393 e. The predicted octanol–water partition coefficient (Wildman–Crippen LogP) is 5.17. The number of hydrogen-bond acceptors (Lipinski definition) is 2. The van der Waals surface area contributed by atoms with Gasteiger partial charge in [-0.25, -0.2) is 0 Å². The molecule has 0 spiro atoms. The molecule has 0 heterocycles. The highest BCUT2D eigenvalue weighted by Gasteiger charge is 2.60. The highest BCUT2D eigenvalue weighted by molar-refractivity contribution is 5.10. The molecule has 0 aromatic heterocycles. The van der Waals surface area contributed by atoms with Gasteiger partial charge in [0.1, 0.15) is 0 Å². The first kappa shape index (κ1) is 18.3. The maximum absolute atomic E-state index is 10.8. The fourth-order valence-corrected chi connectivity index (χ4v) is 8.41. The molecular formula is C23H40O2. The van der Waals surface area contributed by atoms with E-state index in [0.717, 1.165) is 49.4 Å². The topological polar surface area (TPSA) is 40.5 Å². The Morgan fingerprint density at radius 1 is 0.920 bits per heavy atom. The standard InChI is InChI=1S/C23H40O2/c1-4-5-21(25)20-9-8-18-17-7-6-15-14-16(24)10-12-22(15,2)19(17)11-13-23(18,20)3/h15-21,24-25H,4-14H2,1-3H3/t15?,16?,17-,18-,19-,20+,21?,22-,23-/m0/s1. The van der Waals surface area contributed by atoms with E-state index in [0.29, 0.717) is 16.7 Å². The van der Waals surface area contributed by atoms with Crippen molar-refractivity contribution in [1.29, 1.82) is 0 Å². The van der Waals surface area contributed by atoms with Crippen molar-refractivity contribution in [3.63, 3.8) is 0 Å². The molecule has 4 fully saturated rings. The second kappa shape index (κ2) is 6.51. The molecule has 4 saturated carbocycles. The van der Waals surface area contributed by atoms with Crippen LogP contribution in [-0.2, 0) is 0 Å². The maximum atomic E-state index is 10.8. The molecule has 4 rings (SSSR count). The van der Waals surface area contributed by atoms with Crippen molar-refractivity contribution in [2.45, 2.75) is 104 Å². The van der Waals surface area contributed by atoms with Gasteiger partial charge >= 0.3 is 0 Å². The molecule has 0 amide bonds. The SMILES string of the molecule is CCCC(O)[C@H]1CC[C@H]2[C@@H]3CCC4CC(O)CC[C@]4(C)[C@H]3CC[C@]12C. The minimum Gasteiger partial charge on any atom is -0.393 e. The van der Waals surface area contributed by atoms with Crippen molar-refractivity contribution >= 4 is 0 Å². The minimum atomic E-state index is -0.0756. The first-order valence-electron chi connectivity index (χ1n) is 11.3. The molecule has 4 aliphatic carbocycles. The van der Waals surface area contributed by atoms with Gasteiger partial charge < -0.3 is 10.2 Å². The van der Waals surface area contributed by atoms with E-state index >= 15 is 0 Å². The molecule has 2 N–H and O–H groups in total. The lowest BCUT2D eigenvalue weighted by Gasteiger charge is -2.61. The van der Waals surface area contributed by atoms with E-state index in [1.807, 2.05) is 0 Å². The Bertz CT molecular complexity index is 490. The van der Waals surface area contributed by atoms with Crippen LogP contribution < -0.4 is 0 Å². The Morgan fingerprint density at radius 2 is 1.64 bits per heavy atom. The molecule has 3 unspecified atom stereocenters. The third-order valence-electron chi connectivity index (χ3n) is 9.76. The van der Waals surface area contributed by atoms with Gasteiger partial charge in [0.15, 0.2) is 0 Å². The fourth-order valence-electron chi connectivity index (χ4n) is 8.41. The number of aliphatic hydroxyl groups is 2. The second-order valence-corrected chi connectivity index (χ2v) is 10.7. The van der Waals surface area contributed by atoms with Crippen LogP contribution in [0.1, 0.15) is 91.4 Å². The minimum absolute atomic E-state index is 0.0384. The zero-order chi connectivity index (χ0) is 17.8. The van der Waals surface area contributed by atoms with E-state index in [9.17, 15) is 10.2 Å². The van der Waals surface area contributed by atoms with E-state index in [1.54, 1.807) is 0 Å². The summed E-state index contributed by atoms with van der Waals surface area (Å²) in [5.41, 5.74) is 0.858. The molecule has 0 bridgehead atoms. The first-order valence-corrected chi connectivity index (χ1v) is 11.3. The second-order valence-electron chi connectivity index (χ2n) is 10.7. The van der Waals surface area contributed by atoms with Gasteiger partial charge in [-0.3, -0.25) is 0 Å². The molecule has 2 heteroatoms. The summed E-state index contributed by atoms with van der Waals surface area (Å²) in [6.07, 6.45) is 13.3. The lowest BCUT2D eigenvalue weighted by molar-refractivity contribution is -0.133. The van der Waals surface area contributed by atoms with Crippen LogP contribution in [-0.4, -0.2) is 22.4 Å². The highest BCUT2D eigenvalue weighted by Crippen LogP contribution is 2.67. The van der Waals surface area contributed by atoms with Gasteiger partial charge in [0.2, 0.25) is 0 Å². The Morgan fingerprint density at radius 3 is 2.40 bits per heavy atom. The Kier molecular flexibility index (Phi) is 4.77. The van der Waals surface area contributed by atoms with Crippen LogP contribution in [0, 0.1) is 40.4 Å². The van der Waals surface area contributed by atoms with Gasteiger partial charge in [-0.1, -0.05) is 27.2 Å². The quantitative estimate of drug-likeness (QED) is 0.739. The van der Waals surface area contributed by atoms with E-state index in [-0.39, 0.29) is 12.2 Å². The molecule has 25 heavy (non-hydrogen) atoms. The average Bonchev–Trinajstić information content (AvgIpc) is 2.93. The zero-order valence-corrected chi connectivity index (χ0v) is 16.7. The van der Waals surface area contributed by atoms with Crippen molar-refractivity contribution in [3.8, 4) is 0 Å². The lowest BCUT2D eigenvalue weighted by atomic mass is 9.44. The van der Waals surface area contributed by atoms with E-state index in [2.05, 4.69) is 20.8 Å². The van der Waals surface area contributed by atoms with Crippen LogP contribution >= 0.6 is 0 Å². The Balaban J connectivity index is 1.56. The molecule has 9 atom stereocenters. The summed E-state index contributed by atoms with van der Waals surface area (Å²) in [5, 5.41) is 21.0. The monoisotopic (exact) mass is 348 g/mol. The van der Waals surface area contributed by atoms with Gasteiger partial charge in [-0.15, -0.1) is 0 Å². The third-order valence-corrected chi connectivity index (χ3v) is 9.76. The molecule has 0 saturated heterocycles. The summed E-state index contributed by atoms with van der Waals surface area (Å²) >= 11 is 0. The van der Waals surface area contributed by atoms with Gasteiger partial charge in [-0.05, 0) is 105 Å². The lowest BCUT2D eigenvalue weighted by Crippen LogP contribution is -2.54. The maximum Gasteiger partial charge on any atom is 0.0573 e. The van der Waals surface area contributed by atoms with E-state index in [4.69, 9.17) is 0 Å². The fraction of sp³-hybridized carbons (Fsp3) is 1.00. The van der Waals surface area contributed by atoms with Crippen LogP contribution in [0.25, 0.3) is 0 Å². The van der Waals surface area contributed by atoms with E-state index < -0.39 is 0 Å². The first-order chi connectivity index (χ1) is 11.9. The van der Waals surface area contributed by atoms with Gasteiger partial charge in [-0.2, -0.15) is 0 Å². The Labute approximate surface area is 154 Å². The van der Waals surface area contributed by atoms with Crippen LogP contribution in [0.3, 0.4) is 0 Å². The summed E-state index contributed by atoms with van der Waals surface area (Å²) in [7, 11) is 0. The van der Waals surface area contributed by atoms with Crippen molar-refractivity contribution in [2.75, 3.05) is 0 Å². The summed E-state index contributed by atoms with van der Waals surface area (Å²) in [6, 6.07) is 0. The van der Waals surface area contributed by atoms with Crippen molar-refractivity contribution < 1.29 is 10.2 Å². The number of hydrogen-bond donors (Lipinski definition) is 2. The zero-order valence-electron chi connectivity index (χ0n) is 16.7. The molecule has 0 aromatic carbocycles. The summed E-state index contributed by atoms with van der Waals surface area (Å²) in [4.78, 5) is 0. The van der Waals surface area contributed by atoms with E-state index in [1.165, 1.54) is 44.9 Å². The summed E-state index contributed by atoms with van der Waals surface area (Å²) in [6.45, 7) is 7.30.